The van der Waals surface area contributed by atoms with Crippen LogP contribution in [0.3, 0.4) is 0 Å². The summed E-state index contributed by atoms with van der Waals surface area (Å²) in [5.41, 5.74) is 1.24. The first-order valence-corrected chi connectivity index (χ1v) is 6.92. The van der Waals surface area contributed by atoms with Crippen LogP contribution < -0.4 is 14.8 Å². The Labute approximate surface area is 109 Å². The Kier molecular flexibility index (Phi) is 4.88. The minimum Gasteiger partial charge on any atom is -0.490 e. The van der Waals surface area contributed by atoms with Crippen molar-refractivity contribution in [2.75, 3.05) is 19.8 Å². The zero-order valence-corrected chi connectivity index (χ0v) is 11.4. The van der Waals surface area contributed by atoms with E-state index in [9.17, 15) is 0 Å². The van der Waals surface area contributed by atoms with Crippen molar-refractivity contribution >= 4 is 0 Å². The third-order valence-electron chi connectivity index (χ3n) is 3.06. The molecule has 0 heterocycles. The van der Waals surface area contributed by atoms with E-state index < -0.39 is 0 Å². The lowest BCUT2D eigenvalue weighted by molar-refractivity contribution is 0.266. The van der Waals surface area contributed by atoms with Crippen LogP contribution >= 0.6 is 0 Å². The van der Waals surface area contributed by atoms with Crippen LogP contribution in [-0.2, 0) is 6.54 Å². The third kappa shape index (κ3) is 3.91. The van der Waals surface area contributed by atoms with E-state index in [0.717, 1.165) is 37.1 Å². The topological polar surface area (TPSA) is 30.5 Å². The molecule has 1 aliphatic rings. The Morgan fingerprint density at radius 3 is 2.67 bits per heavy atom. The molecule has 1 saturated carbocycles. The lowest BCUT2D eigenvalue weighted by Gasteiger charge is -2.13. The van der Waals surface area contributed by atoms with Crippen LogP contribution in [0, 0.1) is 5.92 Å². The van der Waals surface area contributed by atoms with Gasteiger partial charge in [0.2, 0.25) is 0 Å². The van der Waals surface area contributed by atoms with Crippen LogP contribution in [0.2, 0.25) is 0 Å². The normalized spacial score (nSPS) is 14.6. The van der Waals surface area contributed by atoms with Gasteiger partial charge < -0.3 is 14.8 Å². The summed E-state index contributed by atoms with van der Waals surface area (Å²) in [6.07, 6.45) is 2.62. The van der Waals surface area contributed by atoms with Gasteiger partial charge in [-0.15, -0.1) is 0 Å². The molecule has 2 rings (SSSR count). The molecule has 0 aliphatic heterocycles. The van der Waals surface area contributed by atoms with Gasteiger partial charge in [0, 0.05) is 6.54 Å². The summed E-state index contributed by atoms with van der Waals surface area (Å²) in [7, 11) is 0. The maximum atomic E-state index is 5.83. The molecule has 18 heavy (non-hydrogen) atoms. The van der Waals surface area contributed by atoms with Gasteiger partial charge in [-0.05, 0) is 49.9 Å². The summed E-state index contributed by atoms with van der Waals surface area (Å²) in [5.74, 6) is 2.51. The van der Waals surface area contributed by atoms with Crippen molar-refractivity contribution in [1.29, 1.82) is 0 Å². The van der Waals surface area contributed by atoms with Crippen LogP contribution in [0.15, 0.2) is 18.2 Å². The molecule has 0 radical (unpaired) electrons. The quantitative estimate of drug-likeness (QED) is 0.768. The SMILES string of the molecule is CCNCc1ccc(OCC2CC2)c(OCC)c1. The van der Waals surface area contributed by atoms with Gasteiger partial charge in [0.05, 0.1) is 13.2 Å². The molecule has 0 amide bonds. The van der Waals surface area contributed by atoms with E-state index in [2.05, 4.69) is 24.4 Å². The van der Waals surface area contributed by atoms with Gasteiger partial charge in [0.25, 0.3) is 0 Å². The van der Waals surface area contributed by atoms with Gasteiger partial charge in [-0.1, -0.05) is 13.0 Å². The van der Waals surface area contributed by atoms with Gasteiger partial charge >= 0.3 is 0 Å². The van der Waals surface area contributed by atoms with E-state index in [1.54, 1.807) is 0 Å². The monoisotopic (exact) mass is 249 g/mol. The first kappa shape index (κ1) is 13.2. The van der Waals surface area contributed by atoms with E-state index >= 15 is 0 Å². The second kappa shape index (κ2) is 6.64. The number of ether oxygens (including phenoxy) is 2. The van der Waals surface area contributed by atoms with Crippen LogP contribution in [0.5, 0.6) is 11.5 Å². The Morgan fingerprint density at radius 1 is 1.17 bits per heavy atom. The predicted octanol–water partition coefficient (Wildman–Crippen LogP) is 2.98. The van der Waals surface area contributed by atoms with Crippen molar-refractivity contribution in [3.05, 3.63) is 23.8 Å². The fraction of sp³-hybridized carbons (Fsp3) is 0.600. The lowest BCUT2D eigenvalue weighted by atomic mass is 10.2. The van der Waals surface area contributed by atoms with Gasteiger partial charge in [-0.3, -0.25) is 0 Å². The van der Waals surface area contributed by atoms with Crippen LogP contribution in [0.25, 0.3) is 0 Å². The lowest BCUT2D eigenvalue weighted by Crippen LogP contribution is -2.12. The molecule has 0 unspecified atom stereocenters. The molecular formula is C15H23NO2. The van der Waals surface area contributed by atoms with Crippen molar-refractivity contribution in [2.24, 2.45) is 5.92 Å². The van der Waals surface area contributed by atoms with Gasteiger partial charge in [-0.25, -0.2) is 0 Å². The third-order valence-corrected chi connectivity index (χ3v) is 3.06. The molecule has 3 nitrogen and oxygen atoms in total. The maximum absolute atomic E-state index is 5.83. The highest BCUT2D eigenvalue weighted by Crippen LogP contribution is 2.33. The van der Waals surface area contributed by atoms with Crippen LogP contribution in [-0.4, -0.2) is 19.8 Å². The summed E-state index contributed by atoms with van der Waals surface area (Å²) in [6.45, 7) is 7.46. The van der Waals surface area contributed by atoms with Crippen molar-refractivity contribution < 1.29 is 9.47 Å². The predicted molar refractivity (Wildman–Crippen MR) is 73.2 cm³/mol. The minimum atomic E-state index is 0.671. The number of hydrogen-bond acceptors (Lipinski definition) is 3. The highest BCUT2D eigenvalue weighted by molar-refractivity contribution is 5.43. The number of hydrogen-bond donors (Lipinski definition) is 1. The zero-order chi connectivity index (χ0) is 12.8. The summed E-state index contributed by atoms with van der Waals surface area (Å²) in [5, 5.41) is 3.32. The Hall–Kier alpha value is -1.22. The second-order valence-electron chi connectivity index (χ2n) is 4.75. The molecule has 1 aromatic carbocycles. The number of rotatable bonds is 8. The standard InChI is InChI=1S/C15H23NO2/c1-3-16-10-13-7-8-14(15(9-13)17-4-2)18-11-12-5-6-12/h7-9,12,16H,3-6,10-11H2,1-2H3. The average molecular weight is 249 g/mol. The Morgan fingerprint density at radius 2 is 2.00 bits per heavy atom. The summed E-state index contributed by atoms with van der Waals surface area (Å²) < 4.78 is 11.5. The summed E-state index contributed by atoms with van der Waals surface area (Å²) in [4.78, 5) is 0. The molecule has 1 fully saturated rings. The molecule has 1 aromatic rings. The molecule has 0 spiro atoms. The van der Waals surface area contributed by atoms with E-state index in [1.165, 1.54) is 18.4 Å². The molecule has 0 saturated heterocycles. The number of nitrogens with one attached hydrogen (secondary N) is 1. The van der Waals surface area contributed by atoms with E-state index in [0.29, 0.717) is 6.61 Å². The van der Waals surface area contributed by atoms with Crippen molar-refractivity contribution in [2.45, 2.75) is 33.2 Å². The molecular weight excluding hydrogens is 226 g/mol. The minimum absolute atomic E-state index is 0.671. The average Bonchev–Trinajstić information content (AvgIpc) is 3.19. The van der Waals surface area contributed by atoms with E-state index in [1.807, 2.05) is 13.0 Å². The Balaban J connectivity index is 2.01. The Bertz CT molecular complexity index is 375. The van der Waals surface area contributed by atoms with Crippen LogP contribution in [0.1, 0.15) is 32.3 Å². The second-order valence-corrected chi connectivity index (χ2v) is 4.75. The van der Waals surface area contributed by atoms with E-state index in [-0.39, 0.29) is 0 Å². The molecule has 0 aromatic heterocycles. The summed E-state index contributed by atoms with van der Waals surface area (Å²) >= 11 is 0. The summed E-state index contributed by atoms with van der Waals surface area (Å²) in [6, 6.07) is 6.21. The van der Waals surface area contributed by atoms with Crippen molar-refractivity contribution in [3.63, 3.8) is 0 Å². The largest absolute Gasteiger partial charge is 0.490 e. The van der Waals surface area contributed by atoms with Crippen molar-refractivity contribution in [1.82, 2.24) is 5.32 Å². The molecule has 0 bridgehead atoms. The van der Waals surface area contributed by atoms with Gasteiger partial charge in [-0.2, -0.15) is 0 Å². The first-order chi connectivity index (χ1) is 8.83. The maximum Gasteiger partial charge on any atom is 0.161 e. The van der Waals surface area contributed by atoms with E-state index in [4.69, 9.17) is 9.47 Å². The highest BCUT2D eigenvalue weighted by Gasteiger charge is 2.22. The molecule has 100 valence electrons. The zero-order valence-electron chi connectivity index (χ0n) is 11.4. The molecule has 3 heteroatoms. The number of benzene rings is 1. The first-order valence-electron chi connectivity index (χ1n) is 6.92. The molecule has 1 aliphatic carbocycles. The highest BCUT2D eigenvalue weighted by atomic mass is 16.5. The fourth-order valence-electron chi connectivity index (χ4n) is 1.81. The molecule has 1 N–H and O–H groups in total. The van der Waals surface area contributed by atoms with Crippen LogP contribution in [0.4, 0.5) is 0 Å². The van der Waals surface area contributed by atoms with Gasteiger partial charge in [0.15, 0.2) is 11.5 Å². The smallest absolute Gasteiger partial charge is 0.161 e. The van der Waals surface area contributed by atoms with Gasteiger partial charge in [0.1, 0.15) is 0 Å². The molecule has 0 atom stereocenters. The van der Waals surface area contributed by atoms with Crippen molar-refractivity contribution in [3.8, 4) is 11.5 Å². The fourth-order valence-corrected chi connectivity index (χ4v) is 1.81.